The van der Waals surface area contributed by atoms with E-state index in [1.807, 2.05) is 42.2 Å². The summed E-state index contributed by atoms with van der Waals surface area (Å²) in [5, 5.41) is 0.931. The number of anilines is 1. The van der Waals surface area contributed by atoms with E-state index in [0.29, 0.717) is 13.1 Å². The van der Waals surface area contributed by atoms with Crippen molar-refractivity contribution in [1.29, 1.82) is 0 Å². The van der Waals surface area contributed by atoms with Gasteiger partial charge in [0.05, 0.1) is 0 Å². The second kappa shape index (κ2) is 6.86. The molecule has 1 aliphatic heterocycles. The molecule has 24 heavy (non-hydrogen) atoms. The number of aromatic nitrogens is 2. The van der Waals surface area contributed by atoms with Crippen molar-refractivity contribution in [3.63, 3.8) is 0 Å². The Hall–Kier alpha value is -1.99. The van der Waals surface area contributed by atoms with Crippen molar-refractivity contribution in [2.45, 2.75) is 25.8 Å². The summed E-state index contributed by atoms with van der Waals surface area (Å²) < 4.78 is 4.24. The summed E-state index contributed by atoms with van der Waals surface area (Å²) in [4.78, 5) is 21.5. The first-order chi connectivity index (χ1) is 11.5. The van der Waals surface area contributed by atoms with E-state index < -0.39 is 5.54 Å². The lowest BCUT2D eigenvalue weighted by Crippen LogP contribution is -2.51. The molecule has 1 amide bonds. The van der Waals surface area contributed by atoms with E-state index in [2.05, 4.69) is 14.3 Å². The fourth-order valence-corrected chi connectivity index (χ4v) is 3.69. The highest BCUT2D eigenvalue weighted by Crippen LogP contribution is 2.23. The van der Waals surface area contributed by atoms with Gasteiger partial charge in [-0.25, -0.2) is 4.98 Å². The maximum Gasteiger partial charge on any atom is 0.247 e. The number of hydrogen-bond donors (Lipinski definition) is 1. The first-order valence-corrected chi connectivity index (χ1v) is 8.95. The predicted octanol–water partition coefficient (Wildman–Crippen LogP) is 1.76. The van der Waals surface area contributed by atoms with Crippen molar-refractivity contribution in [2.75, 3.05) is 31.1 Å². The molecule has 2 N–H and O–H groups in total. The first-order valence-electron chi connectivity index (χ1n) is 8.17. The monoisotopic (exact) mass is 345 g/mol. The lowest BCUT2D eigenvalue weighted by atomic mass is 9.91. The molecular formula is C17H23N5OS. The Labute approximate surface area is 146 Å². The van der Waals surface area contributed by atoms with Crippen LogP contribution >= 0.6 is 11.5 Å². The van der Waals surface area contributed by atoms with Crippen molar-refractivity contribution in [3.8, 4) is 0 Å². The summed E-state index contributed by atoms with van der Waals surface area (Å²) in [5.74, 6) is 0.773. The third-order valence-corrected chi connectivity index (χ3v) is 5.26. The number of nitrogens with zero attached hydrogens (tertiary/aromatic N) is 4. The number of rotatable bonds is 3. The highest BCUT2D eigenvalue weighted by molar-refractivity contribution is 7.09. The Morgan fingerprint density at radius 2 is 1.96 bits per heavy atom. The molecule has 6 nitrogen and oxygen atoms in total. The van der Waals surface area contributed by atoms with E-state index in [4.69, 9.17) is 5.73 Å². The van der Waals surface area contributed by atoms with Gasteiger partial charge in [-0.15, -0.1) is 0 Å². The van der Waals surface area contributed by atoms with Gasteiger partial charge in [0.1, 0.15) is 11.4 Å². The normalized spacial score (nSPS) is 18.1. The summed E-state index contributed by atoms with van der Waals surface area (Å²) in [6, 6.07) is 9.57. The van der Waals surface area contributed by atoms with Crippen molar-refractivity contribution in [2.24, 2.45) is 5.73 Å². The molecule has 0 saturated carbocycles. The lowest BCUT2D eigenvalue weighted by Gasteiger charge is -2.31. The molecule has 0 aliphatic carbocycles. The second-order valence-corrected chi connectivity index (χ2v) is 7.06. The number of hydrogen-bond acceptors (Lipinski definition) is 6. The molecule has 2 aromatic rings. The highest BCUT2D eigenvalue weighted by Gasteiger charge is 2.35. The van der Waals surface area contributed by atoms with E-state index in [1.165, 1.54) is 11.5 Å². The topological polar surface area (TPSA) is 75.4 Å². The summed E-state index contributed by atoms with van der Waals surface area (Å²) in [6.07, 6.45) is 0.898. The Balaban J connectivity index is 1.70. The van der Waals surface area contributed by atoms with Crippen LogP contribution in [-0.2, 0) is 10.3 Å². The molecule has 1 aliphatic rings. The zero-order valence-electron chi connectivity index (χ0n) is 14.1. The van der Waals surface area contributed by atoms with Crippen LogP contribution < -0.4 is 10.6 Å². The molecular weight excluding hydrogens is 322 g/mol. The van der Waals surface area contributed by atoms with Crippen molar-refractivity contribution in [3.05, 3.63) is 41.7 Å². The van der Waals surface area contributed by atoms with Gasteiger partial charge in [0.2, 0.25) is 11.0 Å². The predicted molar refractivity (Wildman–Crippen MR) is 96.0 cm³/mol. The van der Waals surface area contributed by atoms with Crippen molar-refractivity contribution >= 4 is 22.6 Å². The van der Waals surface area contributed by atoms with E-state index >= 15 is 0 Å². The smallest absolute Gasteiger partial charge is 0.247 e. The highest BCUT2D eigenvalue weighted by atomic mass is 32.1. The van der Waals surface area contributed by atoms with E-state index in [-0.39, 0.29) is 5.91 Å². The molecule has 1 saturated heterocycles. The summed E-state index contributed by atoms with van der Waals surface area (Å²) in [6.45, 7) is 6.69. The van der Waals surface area contributed by atoms with Crippen LogP contribution in [0.3, 0.4) is 0 Å². The Kier molecular flexibility index (Phi) is 4.82. The third kappa shape index (κ3) is 3.42. The SMILES string of the molecule is Cc1nsc(N2CCCN(C(=O)C(C)(N)c3ccccc3)CC2)n1. The van der Waals surface area contributed by atoms with Crippen molar-refractivity contribution in [1.82, 2.24) is 14.3 Å². The van der Waals surface area contributed by atoms with Crippen LogP contribution in [0.1, 0.15) is 24.7 Å². The largest absolute Gasteiger partial charge is 0.345 e. The van der Waals surface area contributed by atoms with Gasteiger partial charge in [-0.2, -0.15) is 4.37 Å². The third-order valence-electron chi connectivity index (χ3n) is 4.39. The molecule has 128 valence electrons. The number of benzene rings is 1. The maximum atomic E-state index is 13.0. The Morgan fingerprint density at radius 3 is 2.62 bits per heavy atom. The van der Waals surface area contributed by atoms with Crippen LogP contribution in [0.2, 0.25) is 0 Å². The molecule has 1 atom stereocenters. The van der Waals surface area contributed by atoms with Gasteiger partial charge in [0.25, 0.3) is 0 Å². The van der Waals surface area contributed by atoms with Gasteiger partial charge >= 0.3 is 0 Å². The van der Waals surface area contributed by atoms with Gasteiger partial charge in [-0.1, -0.05) is 30.3 Å². The Bertz CT molecular complexity index is 700. The molecule has 2 heterocycles. The number of carbonyl (C=O) groups is 1. The van der Waals surface area contributed by atoms with Crippen LogP contribution in [-0.4, -0.2) is 46.3 Å². The Morgan fingerprint density at radius 1 is 1.21 bits per heavy atom. The van der Waals surface area contributed by atoms with Gasteiger partial charge < -0.3 is 15.5 Å². The maximum absolute atomic E-state index is 13.0. The minimum Gasteiger partial charge on any atom is -0.345 e. The van der Waals surface area contributed by atoms with Crippen LogP contribution in [0.25, 0.3) is 0 Å². The van der Waals surface area contributed by atoms with Crippen LogP contribution in [0.4, 0.5) is 5.13 Å². The fourth-order valence-electron chi connectivity index (χ4n) is 2.96. The molecule has 0 spiro atoms. The fraction of sp³-hybridized carbons (Fsp3) is 0.471. The average Bonchev–Trinajstić information content (AvgIpc) is 2.88. The van der Waals surface area contributed by atoms with E-state index in [9.17, 15) is 4.79 Å². The van der Waals surface area contributed by atoms with Gasteiger partial charge in [0, 0.05) is 37.7 Å². The van der Waals surface area contributed by atoms with Gasteiger partial charge in [-0.05, 0) is 25.8 Å². The lowest BCUT2D eigenvalue weighted by molar-refractivity contribution is -0.136. The first kappa shape index (κ1) is 16.9. The molecule has 1 fully saturated rings. The molecule has 7 heteroatoms. The van der Waals surface area contributed by atoms with Gasteiger partial charge in [-0.3, -0.25) is 4.79 Å². The standard InChI is InChI=1S/C17H23N5OS/c1-13-19-16(24-20-13)22-10-6-9-21(11-12-22)15(23)17(2,18)14-7-4-3-5-8-14/h3-5,7-8H,6,9-12,18H2,1-2H3. The van der Waals surface area contributed by atoms with E-state index in [0.717, 1.165) is 36.0 Å². The van der Waals surface area contributed by atoms with Crippen molar-refractivity contribution < 1.29 is 4.79 Å². The zero-order chi connectivity index (χ0) is 17.2. The van der Waals surface area contributed by atoms with Crippen LogP contribution in [0, 0.1) is 6.92 Å². The minimum absolute atomic E-state index is 0.0241. The molecule has 0 bridgehead atoms. The second-order valence-electron chi connectivity index (χ2n) is 6.33. The minimum atomic E-state index is -1.00. The van der Waals surface area contributed by atoms with Crippen LogP contribution in [0.5, 0.6) is 0 Å². The van der Waals surface area contributed by atoms with E-state index in [1.54, 1.807) is 6.92 Å². The molecule has 1 unspecified atom stereocenters. The summed E-state index contributed by atoms with van der Waals surface area (Å²) >= 11 is 1.41. The molecule has 0 radical (unpaired) electrons. The number of carbonyl (C=O) groups excluding carboxylic acids is 1. The summed E-state index contributed by atoms with van der Waals surface area (Å²) in [7, 11) is 0. The van der Waals surface area contributed by atoms with Crippen LogP contribution in [0.15, 0.2) is 30.3 Å². The summed E-state index contributed by atoms with van der Waals surface area (Å²) in [5.41, 5.74) is 6.23. The number of aryl methyl sites for hydroxylation is 1. The quantitative estimate of drug-likeness (QED) is 0.917. The molecule has 1 aromatic heterocycles. The molecule has 1 aromatic carbocycles. The molecule has 3 rings (SSSR count). The number of amides is 1. The zero-order valence-corrected chi connectivity index (χ0v) is 14.9. The number of nitrogens with two attached hydrogens (primary N) is 1. The average molecular weight is 345 g/mol. The van der Waals surface area contributed by atoms with Gasteiger partial charge in [0.15, 0.2) is 0 Å².